The van der Waals surface area contributed by atoms with Gasteiger partial charge in [0.15, 0.2) is 0 Å². The molecular weight excluding hydrogens is 260 g/mol. The summed E-state index contributed by atoms with van der Waals surface area (Å²) in [5.41, 5.74) is 1.37. The van der Waals surface area contributed by atoms with E-state index in [2.05, 4.69) is 26.6 Å². The molecule has 0 unspecified atom stereocenters. The summed E-state index contributed by atoms with van der Waals surface area (Å²) in [7, 11) is 0. The van der Waals surface area contributed by atoms with Gasteiger partial charge in [0, 0.05) is 4.88 Å². The van der Waals surface area contributed by atoms with E-state index >= 15 is 0 Å². The number of carbonyl (C=O) groups excluding carboxylic acids is 1. The van der Waals surface area contributed by atoms with E-state index < -0.39 is 0 Å². The van der Waals surface area contributed by atoms with Crippen molar-refractivity contribution in [2.24, 2.45) is 0 Å². The third-order valence-corrected chi connectivity index (χ3v) is 4.59. The molecule has 0 atom stereocenters. The number of rotatable bonds is 3. The highest BCUT2D eigenvalue weighted by Crippen LogP contribution is 2.28. The molecule has 2 aromatic rings. The molecule has 6 heteroatoms. The number of carbonyl (C=O) groups is 1. The van der Waals surface area contributed by atoms with E-state index in [1.165, 1.54) is 36.0 Å². The number of hydrogen-bond donors (Lipinski definition) is 2. The smallest absolute Gasteiger partial charge is 0.261 e. The second-order valence-electron chi connectivity index (χ2n) is 4.73. The third-order valence-electron chi connectivity index (χ3n) is 3.35. The molecule has 0 fully saturated rings. The number of H-pyrrole nitrogens is 1. The molecule has 1 amide bonds. The van der Waals surface area contributed by atoms with Crippen LogP contribution in [0.15, 0.2) is 12.4 Å². The Kier molecular flexibility index (Phi) is 3.59. The number of nitrogens with zero attached hydrogens (tertiary/aromatic N) is 2. The molecule has 3 rings (SSSR count). The van der Waals surface area contributed by atoms with Gasteiger partial charge < -0.3 is 5.32 Å². The molecule has 19 heavy (non-hydrogen) atoms. The van der Waals surface area contributed by atoms with Gasteiger partial charge in [-0.25, -0.2) is 4.98 Å². The summed E-state index contributed by atoms with van der Waals surface area (Å²) in [5.74, 6) is 0.654. The summed E-state index contributed by atoms with van der Waals surface area (Å²) in [6, 6.07) is 2.06. The van der Waals surface area contributed by atoms with Gasteiger partial charge in [-0.2, -0.15) is 5.10 Å². The maximum Gasteiger partial charge on any atom is 0.261 e. The summed E-state index contributed by atoms with van der Waals surface area (Å²) >= 11 is 1.64. The fourth-order valence-electron chi connectivity index (χ4n) is 2.35. The van der Waals surface area contributed by atoms with Crippen molar-refractivity contribution < 1.29 is 4.79 Å². The lowest BCUT2D eigenvalue weighted by Crippen LogP contribution is -2.22. The molecule has 0 spiro atoms. The largest absolute Gasteiger partial charge is 0.344 e. The summed E-state index contributed by atoms with van der Waals surface area (Å²) < 4.78 is 0. The molecule has 2 aromatic heterocycles. The monoisotopic (exact) mass is 276 g/mol. The van der Waals surface area contributed by atoms with Crippen LogP contribution in [0, 0.1) is 0 Å². The Morgan fingerprint density at radius 2 is 2.26 bits per heavy atom. The Morgan fingerprint density at radius 3 is 3.11 bits per heavy atom. The van der Waals surface area contributed by atoms with Crippen LogP contribution >= 0.6 is 11.3 Å². The van der Waals surface area contributed by atoms with Crippen LogP contribution in [-0.2, 0) is 19.4 Å². The Balaban J connectivity index is 1.66. The summed E-state index contributed by atoms with van der Waals surface area (Å²) in [6.07, 6.45) is 7.45. The minimum Gasteiger partial charge on any atom is -0.344 e. The molecule has 1 aliphatic carbocycles. The highest BCUT2D eigenvalue weighted by molar-refractivity contribution is 7.14. The predicted octanol–water partition coefficient (Wildman–Crippen LogP) is 2.07. The van der Waals surface area contributed by atoms with Crippen LogP contribution in [0.4, 0.5) is 0 Å². The summed E-state index contributed by atoms with van der Waals surface area (Å²) in [4.78, 5) is 18.3. The maximum atomic E-state index is 12.1. The summed E-state index contributed by atoms with van der Waals surface area (Å²) in [5, 5.41) is 9.34. The van der Waals surface area contributed by atoms with E-state index in [4.69, 9.17) is 0 Å². The first-order chi connectivity index (χ1) is 9.33. The van der Waals surface area contributed by atoms with E-state index in [1.807, 2.05) is 0 Å². The number of aryl methyl sites for hydroxylation is 2. The first kappa shape index (κ1) is 12.3. The van der Waals surface area contributed by atoms with Gasteiger partial charge in [0.25, 0.3) is 5.91 Å². The van der Waals surface area contributed by atoms with Crippen molar-refractivity contribution >= 4 is 17.2 Å². The van der Waals surface area contributed by atoms with E-state index in [9.17, 15) is 4.79 Å². The Labute approximate surface area is 115 Å². The van der Waals surface area contributed by atoms with Gasteiger partial charge in [-0.3, -0.25) is 9.89 Å². The molecule has 2 N–H and O–H groups in total. The van der Waals surface area contributed by atoms with Crippen molar-refractivity contribution in [1.29, 1.82) is 0 Å². The standard InChI is InChI=1S/C13H16N4OS/c18-13(14-7-12-15-8-16-17-12)11-6-9-4-2-1-3-5-10(9)19-11/h6,8H,1-5,7H2,(H,14,18)(H,15,16,17). The van der Waals surface area contributed by atoms with Gasteiger partial charge >= 0.3 is 0 Å². The fourth-order valence-corrected chi connectivity index (χ4v) is 3.52. The molecule has 100 valence electrons. The molecule has 0 aromatic carbocycles. The first-order valence-electron chi connectivity index (χ1n) is 6.57. The lowest BCUT2D eigenvalue weighted by molar-refractivity contribution is 0.0954. The van der Waals surface area contributed by atoms with Crippen molar-refractivity contribution in [2.75, 3.05) is 0 Å². The molecular formula is C13H16N4OS. The minimum absolute atomic E-state index is 0.0190. The van der Waals surface area contributed by atoms with Crippen molar-refractivity contribution in [2.45, 2.75) is 38.6 Å². The molecule has 0 saturated carbocycles. The van der Waals surface area contributed by atoms with Crippen LogP contribution in [0.1, 0.15) is 45.2 Å². The second-order valence-corrected chi connectivity index (χ2v) is 5.87. The van der Waals surface area contributed by atoms with Gasteiger partial charge in [-0.05, 0) is 37.3 Å². The minimum atomic E-state index is -0.0190. The number of aromatic nitrogens is 3. The lowest BCUT2D eigenvalue weighted by Gasteiger charge is -2.00. The fraction of sp³-hybridized carbons (Fsp3) is 0.462. The number of amides is 1. The van der Waals surface area contributed by atoms with Crippen molar-refractivity contribution in [3.05, 3.63) is 33.5 Å². The number of hydrogen-bond acceptors (Lipinski definition) is 4. The molecule has 0 saturated heterocycles. The van der Waals surface area contributed by atoms with Crippen LogP contribution in [0.5, 0.6) is 0 Å². The van der Waals surface area contributed by atoms with Gasteiger partial charge in [-0.15, -0.1) is 11.3 Å². The zero-order chi connectivity index (χ0) is 13.1. The van der Waals surface area contributed by atoms with Crippen LogP contribution in [0.3, 0.4) is 0 Å². The Bertz CT molecular complexity index is 538. The number of nitrogens with one attached hydrogen (secondary N) is 2. The Morgan fingerprint density at radius 1 is 1.37 bits per heavy atom. The average Bonchev–Trinajstić information content (AvgIpc) is 3.02. The normalized spacial score (nSPS) is 14.7. The van der Waals surface area contributed by atoms with Crippen molar-refractivity contribution in [3.63, 3.8) is 0 Å². The predicted molar refractivity (Wildman–Crippen MR) is 73.1 cm³/mol. The van der Waals surface area contributed by atoms with Gasteiger partial charge in [0.2, 0.25) is 0 Å². The number of aromatic amines is 1. The SMILES string of the molecule is O=C(NCc1ncn[nH]1)c1cc2c(s1)CCCCC2. The van der Waals surface area contributed by atoms with Crippen LogP contribution in [-0.4, -0.2) is 21.1 Å². The Hall–Kier alpha value is -1.69. The van der Waals surface area contributed by atoms with E-state index in [1.54, 1.807) is 11.3 Å². The van der Waals surface area contributed by atoms with Crippen LogP contribution in [0.25, 0.3) is 0 Å². The zero-order valence-electron chi connectivity index (χ0n) is 10.6. The van der Waals surface area contributed by atoms with Crippen molar-refractivity contribution in [3.8, 4) is 0 Å². The topological polar surface area (TPSA) is 70.7 Å². The average molecular weight is 276 g/mol. The van der Waals surface area contributed by atoms with E-state index in [-0.39, 0.29) is 5.91 Å². The molecule has 0 aliphatic heterocycles. The molecule has 0 bridgehead atoms. The lowest BCUT2D eigenvalue weighted by atomic mass is 10.1. The maximum absolute atomic E-state index is 12.1. The second kappa shape index (κ2) is 5.52. The molecule has 5 nitrogen and oxygen atoms in total. The zero-order valence-corrected chi connectivity index (χ0v) is 11.4. The third kappa shape index (κ3) is 2.84. The van der Waals surface area contributed by atoms with Gasteiger partial charge in [-0.1, -0.05) is 6.42 Å². The summed E-state index contributed by atoms with van der Waals surface area (Å²) in [6.45, 7) is 0.390. The number of fused-ring (bicyclic) bond motifs is 1. The van der Waals surface area contributed by atoms with Crippen molar-refractivity contribution in [1.82, 2.24) is 20.5 Å². The molecule has 1 aliphatic rings. The number of thiophene rings is 1. The highest BCUT2D eigenvalue weighted by atomic mass is 32.1. The molecule has 0 radical (unpaired) electrons. The van der Waals surface area contributed by atoms with Gasteiger partial charge in [0.1, 0.15) is 12.2 Å². The first-order valence-corrected chi connectivity index (χ1v) is 7.38. The van der Waals surface area contributed by atoms with Crippen LogP contribution in [0.2, 0.25) is 0 Å². The molecule has 2 heterocycles. The van der Waals surface area contributed by atoms with Gasteiger partial charge in [0.05, 0.1) is 11.4 Å². The quantitative estimate of drug-likeness (QED) is 0.843. The van der Waals surface area contributed by atoms with E-state index in [0.717, 1.165) is 17.7 Å². The van der Waals surface area contributed by atoms with Crippen LogP contribution < -0.4 is 5.32 Å². The van der Waals surface area contributed by atoms with E-state index in [0.29, 0.717) is 12.4 Å². The highest BCUT2D eigenvalue weighted by Gasteiger charge is 2.16.